The summed E-state index contributed by atoms with van der Waals surface area (Å²) in [4.78, 5) is 40.3. The number of allylic oxidation sites excluding steroid dienone is 1. The van der Waals surface area contributed by atoms with Crippen LogP contribution in [0.2, 0.25) is 0 Å². The van der Waals surface area contributed by atoms with Crippen molar-refractivity contribution in [2.24, 2.45) is 0 Å². The fraction of sp³-hybridized carbons (Fsp3) is 0.194. The van der Waals surface area contributed by atoms with Crippen LogP contribution in [0, 0.1) is 0 Å². The first-order valence-corrected chi connectivity index (χ1v) is 12.2. The van der Waals surface area contributed by atoms with E-state index in [2.05, 4.69) is 15.0 Å². The molecule has 0 N–H and O–H groups in total. The number of likely N-dealkylation sites (N-methyl/N-ethyl adjacent to an activating group) is 1. The van der Waals surface area contributed by atoms with Crippen LogP contribution in [0.3, 0.4) is 0 Å². The van der Waals surface area contributed by atoms with E-state index < -0.39 is 0 Å². The Bertz CT molecular complexity index is 1380. The van der Waals surface area contributed by atoms with Gasteiger partial charge in [0.15, 0.2) is 11.6 Å². The van der Waals surface area contributed by atoms with Gasteiger partial charge in [0.05, 0.1) is 5.69 Å². The van der Waals surface area contributed by atoms with Crippen molar-refractivity contribution >= 4 is 11.6 Å². The summed E-state index contributed by atoms with van der Waals surface area (Å²) in [6, 6.07) is 21.0. The van der Waals surface area contributed by atoms with Crippen LogP contribution in [0.4, 0.5) is 0 Å². The lowest BCUT2D eigenvalue weighted by molar-refractivity contribution is -0.114. The van der Waals surface area contributed by atoms with E-state index in [9.17, 15) is 9.59 Å². The fourth-order valence-electron chi connectivity index (χ4n) is 3.94. The Hall–Kier alpha value is -4.29. The summed E-state index contributed by atoms with van der Waals surface area (Å²) in [7, 11) is 3.91. The van der Waals surface area contributed by atoms with Crippen molar-refractivity contribution in [3.8, 4) is 11.3 Å². The number of aromatic nitrogens is 3. The average Bonchev–Trinajstić information content (AvgIpc) is 2.90. The van der Waals surface area contributed by atoms with Gasteiger partial charge in [0.2, 0.25) is 0 Å². The second-order valence-corrected chi connectivity index (χ2v) is 9.20. The summed E-state index contributed by atoms with van der Waals surface area (Å²) >= 11 is 0. The van der Waals surface area contributed by atoms with Crippen LogP contribution >= 0.6 is 0 Å². The topological polar surface area (TPSA) is 76.1 Å². The number of benzene rings is 2. The molecule has 0 aliphatic carbocycles. The molecule has 0 bridgehead atoms. The number of carbonyl (C=O) groups excluding carboxylic acids is 2. The van der Waals surface area contributed by atoms with E-state index in [4.69, 9.17) is 0 Å². The molecular weight excluding hydrogens is 460 g/mol. The molecule has 0 unspecified atom stereocenters. The summed E-state index contributed by atoms with van der Waals surface area (Å²) in [6.07, 6.45) is 9.95. The predicted molar refractivity (Wildman–Crippen MR) is 145 cm³/mol. The molecule has 4 rings (SSSR count). The zero-order chi connectivity index (χ0) is 26.0. The van der Waals surface area contributed by atoms with E-state index in [-0.39, 0.29) is 11.6 Å². The Labute approximate surface area is 217 Å². The van der Waals surface area contributed by atoms with Crippen LogP contribution in [0.25, 0.3) is 11.3 Å². The van der Waals surface area contributed by atoms with E-state index in [1.54, 1.807) is 36.8 Å². The maximum Gasteiger partial charge on any atom is 0.167 e. The molecule has 0 spiro atoms. The molecule has 6 heteroatoms. The molecule has 0 aliphatic heterocycles. The molecule has 0 fully saturated rings. The molecule has 0 radical (unpaired) electrons. The van der Waals surface area contributed by atoms with Gasteiger partial charge in [-0.1, -0.05) is 54.6 Å². The molecule has 2 aromatic heterocycles. The summed E-state index contributed by atoms with van der Waals surface area (Å²) in [5.74, 6) is 0.801. The Morgan fingerprint density at radius 2 is 1.68 bits per heavy atom. The smallest absolute Gasteiger partial charge is 0.167 e. The number of pyridine rings is 1. The minimum atomic E-state index is 0.0377. The first-order valence-electron chi connectivity index (χ1n) is 12.2. The minimum absolute atomic E-state index is 0.0377. The maximum absolute atomic E-state index is 12.9. The van der Waals surface area contributed by atoms with Crippen molar-refractivity contribution < 1.29 is 9.59 Å². The normalized spacial score (nSPS) is 11.2. The van der Waals surface area contributed by atoms with Gasteiger partial charge in [-0.05, 0) is 55.1 Å². The van der Waals surface area contributed by atoms with Crippen LogP contribution in [0.1, 0.15) is 32.9 Å². The predicted octanol–water partition coefficient (Wildman–Crippen LogP) is 4.78. The maximum atomic E-state index is 12.9. The van der Waals surface area contributed by atoms with Gasteiger partial charge in [0.25, 0.3) is 0 Å². The highest BCUT2D eigenvalue weighted by molar-refractivity contribution is 5.97. The quantitative estimate of drug-likeness (QED) is 0.222. The Morgan fingerprint density at radius 3 is 2.43 bits per heavy atom. The molecule has 0 saturated heterocycles. The number of ketones is 2. The molecule has 4 aromatic rings. The van der Waals surface area contributed by atoms with E-state index >= 15 is 0 Å². The highest BCUT2D eigenvalue weighted by Gasteiger charge is 2.10. The highest BCUT2D eigenvalue weighted by Crippen LogP contribution is 2.17. The monoisotopic (exact) mass is 490 g/mol. The van der Waals surface area contributed by atoms with E-state index in [1.165, 1.54) is 0 Å². The van der Waals surface area contributed by atoms with E-state index in [0.717, 1.165) is 34.5 Å². The molecule has 186 valence electrons. The van der Waals surface area contributed by atoms with E-state index in [1.807, 2.05) is 79.7 Å². The molecule has 2 heterocycles. The first-order chi connectivity index (χ1) is 18.0. The van der Waals surface area contributed by atoms with Gasteiger partial charge in [0.1, 0.15) is 5.82 Å². The Morgan fingerprint density at radius 1 is 0.865 bits per heavy atom. The molecule has 0 amide bonds. The first kappa shape index (κ1) is 25.8. The largest absolute Gasteiger partial charge is 0.306 e. The molecule has 0 saturated carbocycles. The van der Waals surface area contributed by atoms with E-state index in [0.29, 0.717) is 30.7 Å². The van der Waals surface area contributed by atoms with Gasteiger partial charge in [-0.3, -0.25) is 14.6 Å². The third-order valence-electron chi connectivity index (χ3n) is 5.81. The molecule has 0 aliphatic rings. The molecule has 2 aromatic carbocycles. The Balaban J connectivity index is 1.36. The van der Waals surface area contributed by atoms with Crippen molar-refractivity contribution in [3.63, 3.8) is 0 Å². The van der Waals surface area contributed by atoms with Gasteiger partial charge < -0.3 is 4.90 Å². The minimum Gasteiger partial charge on any atom is -0.306 e. The van der Waals surface area contributed by atoms with Gasteiger partial charge >= 0.3 is 0 Å². The fourth-order valence-corrected chi connectivity index (χ4v) is 3.94. The second kappa shape index (κ2) is 12.6. The summed E-state index contributed by atoms with van der Waals surface area (Å²) in [5.41, 5.74) is 5.30. The van der Waals surface area contributed by atoms with Crippen LogP contribution in [0.15, 0.2) is 97.5 Å². The van der Waals surface area contributed by atoms with Gasteiger partial charge in [-0.2, -0.15) is 0 Å². The van der Waals surface area contributed by atoms with Crippen LogP contribution in [0.5, 0.6) is 0 Å². The molecule has 0 atom stereocenters. The van der Waals surface area contributed by atoms with Crippen LogP contribution in [-0.4, -0.2) is 52.1 Å². The van der Waals surface area contributed by atoms with Crippen molar-refractivity contribution in [2.75, 3.05) is 20.6 Å². The van der Waals surface area contributed by atoms with Crippen molar-refractivity contribution in [1.29, 1.82) is 0 Å². The number of hydrogen-bond acceptors (Lipinski definition) is 6. The summed E-state index contributed by atoms with van der Waals surface area (Å²) in [6.45, 7) is 0.727. The standard InChI is InChI=1S/C31H30N4O2/c1-35(2)17-5-9-28(36)19-23-10-12-26(13-11-23)30(37)20-24-6-3-7-25(18-24)21-31-33-16-14-29(34-31)27-8-4-15-32-22-27/h3-16,18,22H,17,19-21H2,1-2H3/b9-5+. The third kappa shape index (κ3) is 7.85. The van der Waals surface area contributed by atoms with Gasteiger partial charge in [-0.15, -0.1) is 0 Å². The van der Waals surface area contributed by atoms with Crippen LogP contribution < -0.4 is 0 Å². The highest BCUT2D eigenvalue weighted by atomic mass is 16.1. The Kier molecular flexibility index (Phi) is 8.79. The van der Waals surface area contributed by atoms with Crippen molar-refractivity contribution in [2.45, 2.75) is 19.3 Å². The number of hydrogen-bond donors (Lipinski definition) is 0. The SMILES string of the molecule is CN(C)C/C=C/C(=O)Cc1ccc(C(=O)Cc2cccc(Cc3nccc(-c4cccnc4)n3)c2)cc1. The molecule has 6 nitrogen and oxygen atoms in total. The zero-order valence-electron chi connectivity index (χ0n) is 21.2. The number of rotatable bonds is 11. The zero-order valence-corrected chi connectivity index (χ0v) is 21.2. The lowest BCUT2D eigenvalue weighted by atomic mass is 9.99. The number of carbonyl (C=O) groups is 2. The van der Waals surface area contributed by atoms with Crippen molar-refractivity contribution in [3.05, 3.63) is 126 Å². The van der Waals surface area contributed by atoms with Crippen LogP contribution in [-0.2, 0) is 24.1 Å². The van der Waals surface area contributed by atoms with Crippen molar-refractivity contribution in [1.82, 2.24) is 19.9 Å². The third-order valence-corrected chi connectivity index (χ3v) is 5.81. The molecular formula is C31H30N4O2. The second-order valence-electron chi connectivity index (χ2n) is 9.20. The van der Waals surface area contributed by atoms with Gasteiger partial charge in [0, 0.05) is 55.5 Å². The number of Topliss-reactive ketones (excluding diaryl/α,β-unsaturated/α-hetero) is 1. The lowest BCUT2D eigenvalue weighted by Gasteiger charge is -2.07. The summed E-state index contributed by atoms with van der Waals surface area (Å²) in [5, 5.41) is 0. The van der Waals surface area contributed by atoms with Gasteiger partial charge in [-0.25, -0.2) is 9.97 Å². The molecule has 37 heavy (non-hydrogen) atoms. The summed E-state index contributed by atoms with van der Waals surface area (Å²) < 4.78 is 0. The lowest BCUT2D eigenvalue weighted by Crippen LogP contribution is -2.11. The number of nitrogens with zero attached hydrogens (tertiary/aromatic N) is 4. The average molecular weight is 491 g/mol.